The fraction of sp³-hybridized carbons (Fsp3) is 0.500. The summed E-state index contributed by atoms with van der Waals surface area (Å²) in [5, 5.41) is 12.5. The second-order valence-corrected chi connectivity index (χ2v) is 12.1. The summed E-state index contributed by atoms with van der Waals surface area (Å²) < 4.78 is 12.5. The lowest BCUT2D eigenvalue weighted by Gasteiger charge is -2.40. The maximum Gasteiger partial charge on any atom is 0.312 e. The molecule has 2 unspecified atom stereocenters. The van der Waals surface area contributed by atoms with E-state index in [0.717, 1.165) is 10.8 Å². The van der Waals surface area contributed by atoms with Gasteiger partial charge in [-0.05, 0) is 54.5 Å². The zero-order valence-corrected chi connectivity index (χ0v) is 24.8. The van der Waals surface area contributed by atoms with E-state index in [4.69, 9.17) is 9.47 Å². The summed E-state index contributed by atoms with van der Waals surface area (Å²) in [6.45, 7) is 13.4. The summed E-state index contributed by atoms with van der Waals surface area (Å²) in [6.07, 6.45) is 5.34. The van der Waals surface area contributed by atoms with Crippen LogP contribution in [0.25, 0.3) is 10.8 Å². The predicted octanol–water partition coefficient (Wildman–Crippen LogP) is 4.65. The van der Waals surface area contributed by atoms with Crippen molar-refractivity contribution < 1.29 is 29.0 Å². The fourth-order valence-electron chi connectivity index (χ4n) is 7.55. The largest absolute Gasteiger partial charge is 0.465 e. The number of hydrogen-bond acceptors (Lipinski definition) is 6. The van der Waals surface area contributed by atoms with Crippen molar-refractivity contribution in [1.29, 1.82) is 0 Å². The Morgan fingerprint density at radius 3 is 2.55 bits per heavy atom. The van der Waals surface area contributed by atoms with Crippen molar-refractivity contribution in [2.45, 2.75) is 69.7 Å². The van der Waals surface area contributed by atoms with Gasteiger partial charge in [-0.25, -0.2) is 0 Å². The smallest absolute Gasteiger partial charge is 0.312 e. The van der Waals surface area contributed by atoms with E-state index in [1.165, 1.54) is 4.90 Å². The molecule has 2 aromatic carbocycles. The normalized spacial score (nSPS) is 28.6. The molecule has 0 saturated carbocycles. The van der Waals surface area contributed by atoms with E-state index in [1.807, 2.05) is 63.2 Å². The predicted molar refractivity (Wildman–Crippen MR) is 162 cm³/mol. The first-order valence-electron chi connectivity index (χ1n) is 15.0. The number of ether oxygens (including phenoxy) is 2. The zero-order valence-electron chi connectivity index (χ0n) is 24.8. The zero-order chi connectivity index (χ0) is 30.2. The number of nitrogens with zero attached hydrogens (tertiary/aromatic N) is 2. The number of carbonyl (C=O) groups is 3. The van der Waals surface area contributed by atoms with Crippen molar-refractivity contribution in [2.75, 3.05) is 24.7 Å². The van der Waals surface area contributed by atoms with Crippen molar-refractivity contribution in [1.82, 2.24) is 4.90 Å². The quantitative estimate of drug-likeness (QED) is 0.225. The van der Waals surface area contributed by atoms with E-state index in [0.29, 0.717) is 31.4 Å². The van der Waals surface area contributed by atoms with Gasteiger partial charge in [-0.2, -0.15) is 0 Å². The van der Waals surface area contributed by atoms with E-state index in [9.17, 15) is 19.5 Å². The highest BCUT2D eigenvalue weighted by Gasteiger charge is 2.79. The van der Waals surface area contributed by atoms with Gasteiger partial charge in [-0.15, -0.1) is 13.2 Å². The van der Waals surface area contributed by atoms with Crippen molar-refractivity contribution in [3.8, 4) is 0 Å². The Morgan fingerprint density at radius 1 is 1.17 bits per heavy atom. The molecule has 8 heteroatoms. The van der Waals surface area contributed by atoms with Gasteiger partial charge in [0.1, 0.15) is 17.6 Å². The summed E-state index contributed by atoms with van der Waals surface area (Å²) in [5.74, 6) is -2.99. The Balaban J connectivity index is 1.63. The van der Waals surface area contributed by atoms with E-state index in [-0.39, 0.29) is 37.5 Å². The van der Waals surface area contributed by atoms with Gasteiger partial charge in [0.15, 0.2) is 0 Å². The van der Waals surface area contributed by atoms with Crippen LogP contribution in [0.3, 0.4) is 0 Å². The Bertz CT molecular complexity index is 1390. The molecule has 5 rings (SSSR count). The molecule has 1 N–H and O–H groups in total. The molecule has 1 spiro atoms. The van der Waals surface area contributed by atoms with Crippen LogP contribution in [0.1, 0.15) is 46.5 Å². The number of rotatable bonds is 12. The molecule has 3 saturated heterocycles. The highest BCUT2D eigenvalue weighted by atomic mass is 16.6. The summed E-state index contributed by atoms with van der Waals surface area (Å²) in [5.41, 5.74) is -1.44. The lowest BCUT2D eigenvalue weighted by Crippen LogP contribution is -2.60. The highest BCUT2D eigenvalue weighted by Crippen LogP contribution is 2.65. The summed E-state index contributed by atoms with van der Waals surface area (Å²) in [7, 11) is 0. The second-order valence-electron chi connectivity index (χ2n) is 12.1. The summed E-state index contributed by atoms with van der Waals surface area (Å²) in [6, 6.07) is 12.1. The summed E-state index contributed by atoms with van der Waals surface area (Å²) in [4.78, 5) is 46.2. The molecule has 0 aliphatic carbocycles. The Labute approximate surface area is 248 Å². The molecular formula is C34H42N2O6. The van der Waals surface area contributed by atoms with E-state index in [2.05, 4.69) is 13.2 Å². The van der Waals surface area contributed by atoms with Gasteiger partial charge in [0.2, 0.25) is 5.91 Å². The van der Waals surface area contributed by atoms with Crippen molar-refractivity contribution in [3.63, 3.8) is 0 Å². The third-order valence-electron chi connectivity index (χ3n) is 9.61. The standard InChI is InChI=1S/C34H42N2O6/c1-6-9-19-41-32(40)28-27-30(38)36(26(21-37)22(4)5)29(34(27)17-16-33(28,8-3)42-34)31(39)35(18-7-2)25-15-14-23-12-10-11-13-24(23)20-25/h6-7,10-15,20,22,26-29,37H,1-2,8-9,16-19,21H2,3-5H3/t26-,27-,28-,29?,33+,34?/m0/s1. The number of hydrogen-bond donors (Lipinski definition) is 1. The van der Waals surface area contributed by atoms with E-state index in [1.54, 1.807) is 17.1 Å². The van der Waals surface area contributed by atoms with Gasteiger partial charge in [0.25, 0.3) is 5.91 Å². The van der Waals surface area contributed by atoms with Crippen LogP contribution in [-0.4, -0.2) is 70.8 Å². The third kappa shape index (κ3) is 4.56. The molecule has 0 aromatic heterocycles. The van der Waals surface area contributed by atoms with Gasteiger partial charge in [0.05, 0.1) is 30.8 Å². The molecule has 6 atom stereocenters. The number of fused-ring (bicyclic) bond motifs is 2. The minimum Gasteiger partial charge on any atom is -0.465 e. The van der Waals surface area contributed by atoms with Gasteiger partial charge >= 0.3 is 5.97 Å². The molecule has 42 heavy (non-hydrogen) atoms. The Hall–Kier alpha value is -3.49. The molecule has 2 aromatic rings. The number of aliphatic hydroxyl groups excluding tert-OH is 1. The fourth-order valence-corrected chi connectivity index (χ4v) is 7.55. The van der Waals surface area contributed by atoms with E-state index < -0.39 is 41.1 Å². The van der Waals surface area contributed by atoms with Crippen LogP contribution < -0.4 is 4.90 Å². The van der Waals surface area contributed by atoms with Crippen molar-refractivity contribution >= 4 is 34.2 Å². The first-order valence-corrected chi connectivity index (χ1v) is 15.0. The first kappa shape index (κ1) is 30.0. The molecule has 3 aliphatic rings. The van der Waals surface area contributed by atoms with Crippen LogP contribution >= 0.6 is 0 Å². The first-order chi connectivity index (χ1) is 20.2. The number of likely N-dealkylation sites (tertiary alicyclic amines) is 1. The lowest BCUT2D eigenvalue weighted by molar-refractivity contribution is -0.162. The number of anilines is 1. The molecular weight excluding hydrogens is 532 g/mol. The second kappa shape index (κ2) is 11.7. The maximum absolute atomic E-state index is 14.9. The SMILES string of the molecule is C=CCCOC(=O)[C@@H]1[C@H]2C(=O)N([C@@H](CO)C(C)C)C(C(=O)N(CC=C)c3ccc4ccccc4c3)C23CC[C@@]1(CC)O3. The monoisotopic (exact) mass is 574 g/mol. The van der Waals surface area contributed by atoms with Crippen molar-refractivity contribution in [3.05, 3.63) is 67.8 Å². The molecule has 3 aliphatic heterocycles. The van der Waals surface area contributed by atoms with Crippen LogP contribution in [0.15, 0.2) is 67.8 Å². The van der Waals surface area contributed by atoms with Gasteiger partial charge in [-0.3, -0.25) is 14.4 Å². The number of amides is 2. The molecule has 2 bridgehead atoms. The van der Waals surface area contributed by atoms with Crippen LogP contribution in [0, 0.1) is 17.8 Å². The lowest BCUT2D eigenvalue weighted by atomic mass is 9.65. The number of esters is 1. The number of benzene rings is 2. The Morgan fingerprint density at radius 2 is 1.90 bits per heavy atom. The van der Waals surface area contributed by atoms with E-state index >= 15 is 0 Å². The van der Waals surface area contributed by atoms with Gasteiger partial charge in [-0.1, -0.05) is 63.3 Å². The van der Waals surface area contributed by atoms with Crippen LogP contribution in [0.4, 0.5) is 5.69 Å². The molecule has 3 heterocycles. The molecule has 8 nitrogen and oxygen atoms in total. The van der Waals surface area contributed by atoms with Crippen LogP contribution in [0.2, 0.25) is 0 Å². The van der Waals surface area contributed by atoms with Crippen molar-refractivity contribution in [2.24, 2.45) is 17.8 Å². The minimum absolute atomic E-state index is 0.145. The average molecular weight is 575 g/mol. The minimum atomic E-state index is -1.22. The third-order valence-corrected chi connectivity index (χ3v) is 9.61. The molecule has 2 amide bonds. The van der Waals surface area contributed by atoms with Gasteiger partial charge < -0.3 is 24.4 Å². The molecule has 3 fully saturated rings. The van der Waals surface area contributed by atoms with Gasteiger partial charge in [0, 0.05) is 12.2 Å². The van der Waals surface area contributed by atoms with Crippen LogP contribution in [0.5, 0.6) is 0 Å². The Kier molecular flexibility index (Phi) is 8.32. The highest BCUT2D eigenvalue weighted by molar-refractivity contribution is 6.05. The summed E-state index contributed by atoms with van der Waals surface area (Å²) >= 11 is 0. The molecule has 0 radical (unpaired) electrons. The average Bonchev–Trinajstić information content (AvgIpc) is 3.59. The van der Waals surface area contributed by atoms with Crippen LogP contribution in [-0.2, 0) is 23.9 Å². The topological polar surface area (TPSA) is 96.4 Å². The molecule has 224 valence electrons. The number of carbonyl (C=O) groups excluding carboxylic acids is 3. The maximum atomic E-state index is 14.9. The number of aliphatic hydroxyl groups is 1.